The summed E-state index contributed by atoms with van der Waals surface area (Å²) >= 11 is 18.2. The molecule has 6 nitrogen and oxygen atoms in total. The van der Waals surface area contributed by atoms with Crippen molar-refractivity contribution in [3.8, 4) is 11.5 Å². The van der Waals surface area contributed by atoms with E-state index in [1.165, 1.54) is 7.11 Å². The lowest BCUT2D eigenvalue weighted by Crippen LogP contribution is -2.37. The SMILES string of the molecule is COC[C@@H](O)COc1ccc(C(C)(C)c2cc(Cl)c(OCC(O)(O)CCl)c(Cl)c2)cc1. The van der Waals surface area contributed by atoms with Crippen molar-refractivity contribution in [2.24, 2.45) is 0 Å². The normalized spacial score (nSPS) is 13.2. The number of rotatable bonds is 11. The van der Waals surface area contributed by atoms with Gasteiger partial charge in [-0.25, -0.2) is 0 Å². The molecule has 0 spiro atoms. The van der Waals surface area contributed by atoms with Gasteiger partial charge in [-0.05, 0) is 35.4 Å². The van der Waals surface area contributed by atoms with Crippen LogP contribution in [-0.2, 0) is 10.2 Å². The van der Waals surface area contributed by atoms with Crippen molar-refractivity contribution in [1.82, 2.24) is 0 Å². The van der Waals surface area contributed by atoms with E-state index in [9.17, 15) is 15.3 Å². The van der Waals surface area contributed by atoms with Gasteiger partial charge in [-0.3, -0.25) is 0 Å². The Morgan fingerprint density at radius 2 is 1.52 bits per heavy atom. The summed E-state index contributed by atoms with van der Waals surface area (Å²) in [5.41, 5.74) is 1.38. The van der Waals surface area contributed by atoms with E-state index in [1.54, 1.807) is 12.1 Å². The first-order valence-electron chi connectivity index (χ1n) is 9.53. The van der Waals surface area contributed by atoms with E-state index in [1.807, 2.05) is 38.1 Å². The maximum absolute atomic E-state index is 9.69. The summed E-state index contributed by atoms with van der Waals surface area (Å²) in [7, 11) is 1.52. The predicted octanol–water partition coefficient (Wildman–Crippen LogP) is 4.00. The molecule has 1 atom stereocenters. The van der Waals surface area contributed by atoms with Crippen molar-refractivity contribution in [2.45, 2.75) is 31.2 Å². The van der Waals surface area contributed by atoms with Crippen molar-refractivity contribution in [3.05, 3.63) is 57.6 Å². The highest BCUT2D eigenvalue weighted by Crippen LogP contribution is 2.41. The van der Waals surface area contributed by atoms with Gasteiger partial charge in [-0.1, -0.05) is 49.2 Å². The number of halogens is 3. The Morgan fingerprint density at radius 1 is 0.935 bits per heavy atom. The van der Waals surface area contributed by atoms with Gasteiger partial charge in [0.1, 0.15) is 25.1 Å². The predicted molar refractivity (Wildman–Crippen MR) is 122 cm³/mol. The van der Waals surface area contributed by atoms with Crippen molar-refractivity contribution in [2.75, 3.05) is 32.8 Å². The van der Waals surface area contributed by atoms with E-state index >= 15 is 0 Å². The third-order valence-electron chi connectivity index (χ3n) is 4.76. The van der Waals surface area contributed by atoms with E-state index in [4.69, 9.17) is 49.0 Å². The Bertz CT molecular complexity index is 832. The third kappa shape index (κ3) is 7.12. The molecule has 0 saturated heterocycles. The van der Waals surface area contributed by atoms with Crippen LogP contribution in [0, 0.1) is 0 Å². The van der Waals surface area contributed by atoms with E-state index in [0.29, 0.717) is 5.75 Å². The molecule has 0 unspecified atom stereocenters. The molecule has 0 aliphatic rings. The van der Waals surface area contributed by atoms with Gasteiger partial charge < -0.3 is 29.5 Å². The zero-order chi connectivity index (χ0) is 23.2. The van der Waals surface area contributed by atoms with Gasteiger partial charge in [0.15, 0.2) is 5.75 Å². The Morgan fingerprint density at radius 3 is 2.03 bits per heavy atom. The molecule has 0 saturated carbocycles. The van der Waals surface area contributed by atoms with Crippen LogP contribution in [0.2, 0.25) is 10.0 Å². The zero-order valence-corrected chi connectivity index (χ0v) is 19.8. The molecular weight excluding hydrogens is 467 g/mol. The second kappa shape index (κ2) is 11.1. The van der Waals surface area contributed by atoms with Crippen LogP contribution < -0.4 is 9.47 Å². The first kappa shape index (κ1) is 26.0. The molecule has 3 N–H and O–H groups in total. The van der Waals surface area contributed by atoms with Crippen LogP contribution in [0.3, 0.4) is 0 Å². The Labute approximate surface area is 197 Å². The molecule has 2 aromatic carbocycles. The van der Waals surface area contributed by atoms with Crippen molar-refractivity contribution < 1.29 is 29.5 Å². The van der Waals surface area contributed by atoms with Crippen molar-refractivity contribution >= 4 is 34.8 Å². The summed E-state index contributed by atoms with van der Waals surface area (Å²) < 4.78 is 15.8. The number of ether oxygens (including phenoxy) is 3. The lowest BCUT2D eigenvalue weighted by Gasteiger charge is -2.28. The van der Waals surface area contributed by atoms with E-state index in [0.717, 1.165) is 11.1 Å². The Hall–Kier alpha value is -1.25. The van der Waals surface area contributed by atoms with Gasteiger partial charge in [0.2, 0.25) is 5.79 Å². The van der Waals surface area contributed by atoms with E-state index in [-0.39, 0.29) is 29.0 Å². The molecule has 0 amide bonds. The van der Waals surface area contributed by atoms with Gasteiger partial charge in [-0.15, -0.1) is 11.6 Å². The summed E-state index contributed by atoms with van der Waals surface area (Å²) in [5.74, 6) is -1.82. The Balaban J connectivity index is 2.17. The van der Waals surface area contributed by atoms with Gasteiger partial charge >= 0.3 is 0 Å². The first-order valence-corrected chi connectivity index (χ1v) is 10.8. The van der Waals surface area contributed by atoms with E-state index in [2.05, 4.69) is 0 Å². The van der Waals surface area contributed by atoms with Crippen molar-refractivity contribution in [3.63, 3.8) is 0 Å². The highest BCUT2D eigenvalue weighted by atomic mass is 35.5. The van der Waals surface area contributed by atoms with Crippen LogP contribution in [-0.4, -0.2) is 60.0 Å². The van der Waals surface area contributed by atoms with Crippen LogP contribution in [0.15, 0.2) is 36.4 Å². The fraction of sp³-hybridized carbons (Fsp3) is 0.455. The molecule has 0 heterocycles. The molecule has 0 bridgehead atoms. The Kier molecular flexibility index (Phi) is 9.27. The minimum Gasteiger partial charge on any atom is -0.491 e. The second-order valence-electron chi connectivity index (χ2n) is 7.74. The number of benzene rings is 2. The highest BCUT2D eigenvalue weighted by Gasteiger charge is 2.27. The third-order valence-corrected chi connectivity index (χ3v) is 5.75. The van der Waals surface area contributed by atoms with Crippen LogP contribution in [0.1, 0.15) is 25.0 Å². The average Bonchev–Trinajstić information content (AvgIpc) is 2.72. The van der Waals surface area contributed by atoms with Crippen molar-refractivity contribution in [1.29, 1.82) is 0 Å². The number of aliphatic hydroxyl groups excluding tert-OH is 1. The number of methoxy groups -OCH3 is 1. The molecule has 172 valence electrons. The highest BCUT2D eigenvalue weighted by molar-refractivity contribution is 6.37. The fourth-order valence-electron chi connectivity index (χ4n) is 2.85. The minimum absolute atomic E-state index is 0.135. The number of hydrogen-bond acceptors (Lipinski definition) is 6. The lowest BCUT2D eigenvalue weighted by molar-refractivity contribution is -0.162. The smallest absolute Gasteiger partial charge is 0.211 e. The van der Waals surface area contributed by atoms with Gasteiger partial charge in [0.25, 0.3) is 0 Å². The van der Waals surface area contributed by atoms with Crippen LogP contribution in [0.25, 0.3) is 0 Å². The maximum atomic E-state index is 9.69. The summed E-state index contributed by atoms with van der Waals surface area (Å²) in [6.45, 7) is 3.91. The number of hydrogen-bond donors (Lipinski definition) is 3. The molecular formula is C22H27Cl3O6. The van der Waals surface area contributed by atoms with Gasteiger partial charge in [0, 0.05) is 12.5 Å². The number of aliphatic hydroxyl groups is 3. The van der Waals surface area contributed by atoms with Crippen LogP contribution in [0.4, 0.5) is 0 Å². The molecule has 31 heavy (non-hydrogen) atoms. The standard InChI is InChI=1S/C22H27Cl3O6/c1-21(2,14-4-6-17(7-5-14)30-11-16(26)10-29-3)15-8-18(24)20(19(25)9-15)31-13-22(27,28)12-23/h4-9,16,26-28H,10-13H2,1-3H3/t16-/m1/s1. The molecule has 2 rings (SSSR count). The first-order chi connectivity index (χ1) is 14.5. The maximum Gasteiger partial charge on any atom is 0.211 e. The molecule has 2 aromatic rings. The lowest BCUT2D eigenvalue weighted by atomic mass is 9.78. The number of alkyl halides is 1. The molecule has 0 aliphatic heterocycles. The van der Waals surface area contributed by atoms with Crippen LogP contribution >= 0.6 is 34.8 Å². The topological polar surface area (TPSA) is 88.4 Å². The van der Waals surface area contributed by atoms with Gasteiger partial charge in [-0.2, -0.15) is 0 Å². The van der Waals surface area contributed by atoms with Gasteiger partial charge in [0.05, 0.1) is 22.5 Å². The molecule has 0 radical (unpaired) electrons. The average molecular weight is 494 g/mol. The molecule has 0 aromatic heterocycles. The quantitative estimate of drug-likeness (QED) is 0.324. The molecule has 9 heteroatoms. The largest absolute Gasteiger partial charge is 0.491 e. The monoisotopic (exact) mass is 492 g/mol. The summed E-state index contributed by atoms with van der Waals surface area (Å²) in [6.07, 6.45) is -0.697. The molecule has 0 fully saturated rings. The summed E-state index contributed by atoms with van der Waals surface area (Å²) in [4.78, 5) is 0. The summed E-state index contributed by atoms with van der Waals surface area (Å²) in [6, 6.07) is 11.0. The summed E-state index contributed by atoms with van der Waals surface area (Å²) in [5, 5.41) is 29.4. The van der Waals surface area contributed by atoms with E-state index < -0.39 is 29.8 Å². The zero-order valence-electron chi connectivity index (χ0n) is 17.6. The fourth-order valence-corrected chi connectivity index (χ4v) is 3.53. The van der Waals surface area contributed by atoms with Crippen LogP contribution in [0.5, 0.6) is 11.5 Å². The molecule has 0 aliphatic carbocycles. The minimum atomic E-state index is -2.18. The second-order valence-corrected chi connectivity index (χ2v) is 8.82.